The van der Waals surface area contributed by atoms with Crippen molar-refractivity contribution < 1.29 is 22.2 Å². The number of sulfonamides is 1. The number of hydrogen-bond donors (Lipinski definition) is 0. The molecule has 6 rings (SSSR count). The maximum Gasteiger partial charge on any atom is 0.296 e. The van der Waals surface area contributed by atoms with E-state index in [1.54, 1.807) is 37.3 Å². The van der Waals surface area contributed by atoms with E-state index in [9.17, 15) is 18.0 Å². The van der Waals surface area contributed by atoms with E-state index >= 15 is 0 Å². The van der Waals surface area contributed by atoms with E-state index in [1.807, 2.05) is 13.0 Å². The van der Waals surface area contributed by atoms with Crippen LogP contribution in [0.1, 0.15) is 51.9 Å². The molecule has 0 radical (unpaired) electrons. The van der Waals surface area contributed by atoms with E-state index in [0.717, 1.165) is 18.4 Å². The molecule has 1 atom stereocenters. The normalized spacial score (nSPS) is 18.3. The summed E-state index contributed by atoms with van der Waals surface area (Å²) < 4.78 is 38.7. The minimum absolute atomic E-state index is 0.0595. The Labute approximate surface area is 207 Å². The van der Waals surface area contributed by atoms with Crippen LogP contribution in [0.15, 0.2) is 67.2 Å². The van der Waals surface area contributed by atoms with Crippen molar-refractivity contribution in [1.82, 2.24) is 9.46 Å². The van der Waals surface area contributed by atoms with Gasteiger partial charge in [0.1, 0.15) is 11.3 Å². The lowest BCUT2D eigenvalue weighted by atomic mass is 9.98. The molecule has 0 saturated carbocycles. The molecular formula is C26H23N3O6S. The highest BCUT2D eigenvalue weighted by molar-refractivity contribution is 7.89. The van der Waals surface area contributed by atoms with Crippen LogP contribution in [0.3, 0.4) is 0 Å². The molecule has 2 aliphatic heterocycles. The maximum absolute atomic E-state index is 13.7. The van der Waals surface area contributed by atoms with Gasteiger partial charge in [-0.05, 0) is 56.5 Å². The van der Waals surface area contributed by atoms with E-state index in [0.29, 0.717) is 35.4 Å². The lowest BCUT2D eigenvalue weighted by Crippen LogP contribution is -2.30. The SMILES string of the molecule is Cc1ccc2oc3c(c(=O)c2c1)C(c1ccc(S(=O)(=O)N2CCCC2)cc1)N(c1cc(C)on1)C3=O. The fraction of sp³-hybridized carbons (Fsp3) is 0.269. The predicted molar refractivity (Wildman–Crippen MR) is 132 cm³/mol. The molecule has 4 aromatic rings. The second-order valence-corrected chi connectivity index (χ2v) is 11.2. The summed E-state index contributed by atoms with van der Waals surface area (Å²) in [5.41, 5.74) is 1.64. The standard InChI is InChI=1S/C26H23N3O6S/c1-15-5-10-20-19(13-15)24(30)22-23(29(26(31)25(22)34-20)21-14-16(2)35-27-21)17-6-8-18(9-7-17)36(32,33)28-11-3-4-12-28/h5-10,13-14,23H,3-4,11-12H2,1-2H3. The van der Waals surface area contributed by atoms with Crippen LogP contribution in [-0.4, -0.2) is 36.9 Å². The highest BCUT2D eigenvalue weighted by atomic mass is 32.2. The number of aromatic nitrogens is 1. The van der Waals surface area contributed by atoms with Crippen LogP contribution in [0.5, 0.6) is 0 Å². The summed E-state index contributed by atoms with van der Waals surface area (Å²) in [5, 5.41) is 4.39. The molecule has 1 fully saturated rings. The number of hydrogen-bond acceptors (Lipinski definition) is 7. The van der Waals surface area contributed by atoms with Gasteiger partial charge in [-0.2, -0.15) is 4.31 Å². The van der Waals surface area contributed by atoms with Crippen LogP contribution in [-0.2, 0) is 10.0 Å². The first kappa shape index (κ1) is 22.7. The van der Waals surface area contributed by atoms with Crippen molar-refractivity contribution in [1.29, 1.82) is 0 Å². The minimum atomic E-state index is -3.61. The second kappa shape index (κ2) is 8.14. The van der Waals surface area contributed by atoms with Crippen molar-refractivity contribution in [2.75, 3.05) is 18.0 Å². The van der Waals surface area contributed by atoms with Gasteiger partial charge in [0.05, 0.1) is 21.9 Å². The summed E-state index contributed by atoms with van der Waals surface area (Å²) in [5.74, 6) is 0.161. The van der Waals surface area contributed by atoms with Crippen LogP contribution < -0.4 is 10.3 Å². The van der Waals surface area contributed by atoms with Crippen LogP contribution >= 0.6 is 0 Å². The molecule has 2 aromatic heterocycles. The van der Waals surface area contributed by atoms with E-state index in [-0.39, 0.29) is 27.5 Å². The highest BCUT2D eigenvalue weighted by Crippen LogP contribution is 2.41. The Morgan fingerprint density at radius 3 is 2.36 bits per heavy atom. The van der Waals surface area contributed by atoms with Gasteiger partial charge in [0.15, 0.2) is 11.2 Å². The summed E-state index contributed by atoms with van der Waals surface area (Å²) in [6.07, 6.45) is 1.68. The Morgan fingerprint density at radius 1 is 0.972 bits per heavy atom. The van der Waals surface area contributed by atoms with Gasteiger partial charge in [-0.15, -0.1) is 0 Å². The van der Waals surface area contributed by atoms with Crippen LogP contribution in [0, 0.1) is 13.8 Å². The van der Waals surface area contributed by atoms with E-state index in [4.69, 9.17) is 8.94 Å². The minimum Gasteiger partial charge on any atom is -0.450 e. The molecule has 10 heteroatoms. The van der Waals surface area contributed by atoms with Gasteiger partial charge < -0.3 is 8.94 Å². The summed E-state index contributed by atoms with van der Waals surface area (Å²) in [6.45, 7) is 4.58. The molecule has 0 N–H and O–H groups in total. The number of benzene rings is 2. The molecule has 2 aromatic carbocycles. The molecule has 1 unspecified atom stereocenters. The first-order valence-corrected chi connectivity index (χ1v) is 13.1. The third-order valence-corrected chi connectivity index (χ3v) is 8.70. The van der Waals surface area contributed by atoms with Crippen molar-refractivity contribution in [3.63, 3.8) is 0 Å². The molecule has 184 valence electrons. The van der Waals surface area contributed by atoms with Gasteiger partial charge >= 0.3 is 0 Å². The molecule has 2 aliphatic rings. The van der Waals surface area contributed by atoms with Gasteiger partial charge in [0.2, 0.25) is 15.8 Å². The largest absolute Gasteiger partial charge is 0.450 e. The van der Waals surface area contributed by atoms with Crippen LogP contribution in [0.2, 0.25) is 0 Å². The number of rotatable bonds is 4. The highest BCUT2D eigenvalue weighted by Gasteiger charge is 2.45. The molecule has 1 saturated heterocycles. The number of anilines is 1. The summed E-state index contributed by atoms with van der Waals surface area (Å²) >= 11 is 0. The zero-order chi connectivity index (χ0) is 25.2. The van der Waals surface area contributed by atoms with Gasteiger partial charge in [-0.25, -0.2) is 8.42 Å². The zero-order valence-corrected chi connectivity index (χ0v) is 20.5. The Balaban J connectivity index is 1.52. The molecule has 9 nitrogen and oxygen atoms in total. The number of nitrogens with zero attached hydrogens (tertiary/aromatic N) is 3. The molecular weight excluding hydrogens is 482 g/mol. The maximum atomic E-state index is 13.7. The fourth-order valence-corrected chi connectivity index (χ4v) is 6.52. The predicted octanol–water partition coefficient (Wildman–Crippen LogP) is 3.93. The lowest BCUT2D eigenvalue weighted by molar-refractivity contribution is 0.0969. The number of amides is 1. The molecule has 36 heavy (non-hydrogen) atoms. The molecule has 1 amide bonds. The third kappa shape index (κ3) is 3.40. The molecule has 0 aliphatic carbocycles. The van der Waals surface area contributed by atoms with Crippen molar-refractivity contribution in [3.8, 4) is 0 Å². The topological polar surface area (TPSA) is 114 Å². The van der Waals surface area contributed by atoms with Crippen molar-refractivity contribution in [2.24, 2.45) is 0 Å². The number of fused-ring (bicyclic) bond motifs is 2. The molecule has 4 heterocycles. The van der Waals surface area contributed by atoms with Crippen molar-refractivity contribution in [2.45, 2.75) is 37.6 Å². The number of carbonyl (C=O) groups excluding carboxylic acids is 1. The van der Waals surface area contributed by atoms with Gasteiger partial charge in [-0.1, -0.05) is 28.9 Å². The average molecular weight is 506 g/mol. The van der Waals surface area contributed by atoms with E-state index in [2.05, 4.69) is 5.16 Å². The fourth-order valence-electron chi connectivity index (χ4n) is 5.00. The van der Waals surface area contributed by atoms with Gasteiger partial charge in [0, 0.05) is 19.2 Å². The Hall–Kier alpha value is -3.76. The molecule has 0 spiro atoms. The average Bonchev–Trinajstić information content (AvgIpc) is 3.60. The van der Waals surface area contributed by atoms with Crippen LogP contribution in [0.4, 0.5) is 5.82 Å². The number of aryl methyl sites for hydroxylation is 2. The lowest BCUT2D eigenvalue weighted by Gasteiger charge is -2.23. The van der Waals surface area contributed by atoms with Gasteiger partial charge in [-0.3, -0.25) is 14.5 Å². The smallest absolute Gasteiger partial charge is 0.296 e. The van der Waals surface area contributed by atoms with Crippen LogP contribution in [0.25, 0.3) is 11.0 Å². The summed E-state index contributed by atoms with van der Waals surface area (Å²) in [7, 11) is -3.61. The van der Waals surface area contributed by atoms with Crippen molar-refractivity contribution >= 4 is 32.7 Å². The number of carbonyl (C=O) groups is 1. The first-order chi connectivity index (χ1) is 17.3. The zero-order valence-electron chi connectivity index (χ0n) is 19.7. The molecule has 0 bridgehead atoms. The second-order valence-electron chi connectivity index (χ2n) is 9.23. The quantitative estimate of drug-likeness (QED) is 0.413. The van der Waals surface area contributed by atoms with Crippen molar-refractivity contribution in [3.05, 3.63) is 87.0 Å². The van der Waals surface area contributed by atoms with E-state index in [1.165, 1.54) is 21.3 Å². The van der Waals surface area contributed by atoms with E-state index < -0.39 is 22.0 Å². The Morgan fingerprint density at radius 2 is 1.69 bits per heavy atom. The third-order valence-electron chi connectivity index (χ3n) is 6.79. The Kier molecular flexibility index (Phi) is 5.13. The summed E-state index contributed by atoms with van der Waals surface area (Å²) in [4.78, 5) is 28.8. The van der Waals surface area contributed by atoms with Gasteiger partial charge in [0.25, 0.3) is 5.91 Å². The Bertz CT molecular complexity index is 1680. The first-order valence-electron chi connectivity index (χ1n) is 11.7. The monoisotopic (exact) mass is 505 g/mol. The summed E-state index contributed by atoms with van der Waals surface area (Å²) in [6, 6.07) is 12.3.